The Morgan fingerprint density at radius 1 is 1.41 bits per heavy atom. The van der Waals surface area contributed by atoms with E-state index >= 15 is 0 Å². The fraction of sp³-hybridized carbons (Fsp3) is 0.625. The Labute approximate surface area is 131 Å². The van der Waals surface area contributed by atoms with Gasteiger partial charge in [-0.1, -0.05) is 0 Å². The molecule has 1 aromatic rings. The van der Waals surface area contributed by atoms with Gasteiger partial charge in [-0.05, 0) is 46.8 Å². The van der Waals surface area contributed by atoms with E-state index in [4.69, 9.17) is 9.47 Å². The smallest absolute Gasteiger partial charge is 0.410 e. The molecule has 0 bridgehead atoms. The molecule has 0 fully saturated rings. The van der Waals surface area contributed by atoms with E-state index in [0.717, 1.165) is 11.4 Å². The highest BCUT2D eigenvalue weighted by atomic mass is 16.6. The van der Waals surface area contributed by atoms with Gasteiger partial charge in [-0.15, -0.1) is 0 Å². The summed E-state index contributed by atoms with van der Waals surface area (Å²) in [5, 5.41) is 3.24. The molecule has 0 aromatic carbocycles. The first kappa shape index (κ1) is 16.4. The number of anilines is 1. The average Bonchev–Trinajstić information content (AvgIpc) is 2.57. The van der Waals surface area contributed by atoms with E-state index in [0.29, 0.717) is 31.6 Å². The normalized spacial score (nSPS) is 14.9. The van der Waals surface area contributed by atoms with Crippen LogP contribution in [0.15, 0.2) is 12.1 Å². The van der Waals surface area contributed by atoms with Gasteiger partial charge in [-0.3, -0.25) is 0 Å². The van der Waals surface area contributed by atoms with Crippen LogP contribution in [0.25, 0.3) is 0 Å². The molecular formula is C16H25N3O3. The lowest BCUT2D eigenvalue weighted by Crippen LogP contribution is -2.37. The number of hydrogen-bond acceptors (Lipinski definition) is 5. The van der Waals surface area contributed by atoms with E-state index in [9.17, 15) is 4.79 Å². The standard InChI is InChI=1S/C16H25N3O3/c1-11(2)17-13-7-6-12-10-19(8-9-21-14(12)18-13)15(20)22-16(3,4)5/h6-7,11H,8-10H2,1-5H3,(H,17,18). The van der Waals surface area contributed by atoms with Gasteiger partial charge in [0.15, 0.2) is 0 Å². The monoisotopic (exact) mass is 307 g/mol. The maximum Gasteiger partial charge on any atom is 0.410 e. The minimum atomic E-state index is -0.504. The first-order chi connectivity index (χ1) is 10.2. The zero-order valence-corrected chi connectivity index (χ0v) is 14.0. The molecular weight excluding hydrogens is 282 g/mol. The van der Waals surface area contributed by atoms with Crippen LogP contribution in [0.3, 0.4) is 0 Å². The molecule has 1 N–H and O–H groups in total. The van der Waals surface area contributed by atoms with Crippen molar-refractivity contribution in [3.63, 3.8) is 0 Å². The molecule has 1 amide bonds. The minimum absolute atomic E-state index is 0.301. The molecule has 0 radical (unpaired) electrons. The predicted octanol–water partition coefficient (Wildman–Crippen LogP) is 3.03. The molecule has 0 saturated heterocycles. The lowest BCUT2D eigenvalue weighted by Gasteiger charge is -2.26. The number of pyridine rings is 1. The molecule has 0 saturated carbocycles. The van der Waals surface area contributed by atoms with Gasteiger partial charge in [0.1, 0.15) is 18.0 Å². The fourth-order valence-electron chi connectivity index (χ4n) is 2.11. The SMILES string of the molecule is CC(C)Nc1ccc2c(n1)OCCN(C(=O)OC(C)(C)C)C2. The van der Waals surface area contributed by atoms with Crippen LogP contribution in [0.5, 0.6) is 5.88 Å². The molecule has 2 heterocycles. The summed E-state index contributed by atoms with van der Waals surface area (Å²) in [6.45, 7) is 11.0. The molecule has 0 spiro atoms. The quantitative estimate of drug-likeness (QED) is 0.910. The third kappa shape index (κ3) is 4.51. The summed E-state index contributed by atoms with van der Waals surface area (Å²) in [5.41, 5.74) is 0.383. The van der Waals surface area contributed by atoms with Crippen molar-refractivity contribution >= 4 is 11.9 Å². The number of carbonyl (C=O) groups is 1. The zero-order valence-electron chi connectivity index (χ0n) is 14.0. The third-order valence-corrected chi connectivity index (χ3v) is 2.99. The average molecular weight is 307 g/mol. The topological polar surface area (TPSA) is 63.7 Å². The van der Waals surface area contributed by atoms with E-state index < -0.39 is 5.60 Å². The Kier molecular flexibility index (Phi) is 4.78. The van der Waals surface area contributed by atoms with Crippen molar-refractivity contribution in [3.8, 4) is 5.88 Å². The van der Waals surface area contributed by atoms with Gasteiger partial charge in [-0.25, -0.2) is 4.79 Å². The van der Waals surface area contributed by atoms with Gasteiger partial charge in [0.2, 0.25) is 5.88 Å². The number of aromatic nitrogens is 1. The van der Waals surface area contributed by atoms with Crippen LogP contribution < -0.4 is 10.1 Å². The van der Waals surface area contributed by atoms with Gasteiger partial charge in [-0.2, -0.15) is 4.98 Å². The van der Waals surface area contributed by atoms with Crippen molar-refractivity contribution in [1.29, 1.82) is 0 Å². The largest absolute Gasteiger partial charge is 0.475 e. The minimum Gasteiger partial charge on any atom is -0.475 e. The number of carbonyl (C=O) groups excluding carboxylic acids is 1. The molecule has 22 heavy (non-hydrogen) atoms. The van der Waals surface area contributed by atoms with E-state index in [1.54, 1.807) is 4.90 Å². The third-order valence-electron chi connectivity index (χ3n) is 2.99. The van der Waals surface area contributed by atoms with Gasteiger partial charge in [0.25, 0.3) is 0 Å². The van der Waals surface area contributed by atoms with Crippen molar-refractivity contribution in [3.05, 3.63) is 17.7 Å². The molecule has 2 rings (SSSR count). The molecule has 6 heteroatoms. The van der Waals surface area contributed by atoms with E-state index in [2.05, 4.69) is 24.1 Å². The second-order valence-electron chi connectivity index (χ2n) is 6.71. The summed E-state index contributed by atoms with van der Waals surface area (Å²) in [6.07, 6.45) is -0.326. The van der Waals surface area contributed by atoms with Crippen LogP contribution in [0.1, 0.15) is 40.2 Å². The van der Waals surface area contributed by atoms with E-state index in [1.165, 1.54) is 0 Å². The Hall–Kier alpha value is -1.98. The fourth-order valence-corrected chi connectivity index (χ4v) is 2.11. The summed E-state index contributed by atoms with van der Waals surface area (Å²) >= 11 is 0. The highest BCUT2D eigenvalue weighted by molar-refractivity contribution is 5.68. The number of fused-ring (bicyclic) bond motifs is 1. The number of amides is 1. The van der Waals surface area contributed by atoms with E-state index in [1.807, 2.05) is 32.9 Å². The lowest BCUT2D eigenvalue weighted by atomic mass is 10.2. The van der Waals surface area contributed by atoms with Crippen LogP contribution in [0, 0.1) is 0 Å². The van der Waals surface area contributed by atoms with Crippen LogP contribution in [0.2, 0.25) is 0 Å². The van der Waals surface area contributed by atoms with Gasteiger partial charge < -0.3 is 19.7 Å². The molecule has 0 atom stereocenters. The predicted molar refractivity (Wildman–Crippen MR) is 85.1 cm³/mol. The number of nitrogens with one attached hydrogen (secondary N) is 1. The Morgan fingerprint density at radius 2 is 2.14 bits per heavy atom. The summed E-state index contributed by atoms with van der Waals surface area (Å²) in [7, 11) is 0. The molecule has 1 aromatic heterocycles. The first-order valence-corrected chi connectivity index (χ1v) is 7.62. The Morgan fingerprint density at radius 3 is 2.77 bits per heavy atom. The van der Waals surface area contributed by atoms with Gasteiger partial charge in [0, 0.05) is 11.6 Å². The van der Waals surface area contributed by atoms with Crippen molar-refractivity contribution in [1.82, 2.24) is 9.88 Å². The summed E-state index contributed by atoms with van der Waals surface area (Å²) in [5.74, 6) is 1.36. The van der Waals surface area contributed by atoms with Gasteiger partial charge in [0.05, 0.1) is 13.1 Å². The second kappa shape index (κ2) is 6.42. The van der Waals surface area contributed by atoms with Crippen molar-refractivity contribution in [2.24, 2.45) is 0 Å². The van der Waals surface area contributed by atoms with Gasteiger partial charge >= 0.3 is 6.09 Å². The number of nitrogens with zero attached hydrogens (tertiary/aromatic N) is 2. The van der Waals surface area contributed by atoms with Crippen molar-refractivity contribution in [2.75, 3.05) is 18.5 Å². The Balaban J connectivity index is 2.12. The van der Waals surface area contributed by atoms with Crippen LogP contribution in [-0.4, -0.2) is 40.8 Å². The van der Waals surface area contributed by atoms with Crippen molar-refractivity contribution in [2.45, 2.75) is 52.8 Å². The maximum atomic E-state index is 12.2. The highest BCUT2D eigenvalue weighted by Gasteiger charge is 2.25. The first-order valence-electron chi connectivity index (χ1n) is 7.62. The summed E-state index contributed by atoms with van der Waals surface area (Å²) in [6, 6.07) is 4.14. The molecule has 1 aliphatic rings. The lowest BCUT2D eigenvalue weighted by molar-refractivity contribution is 0.0225. The molecule has 1 aliphatic heterocycles. The maximum absolute atomic E-state index is 12.2. The highest BCUT2D eigenvalue weighted by Crippen LogP contribution is 2.24. The Bertz CT molecular complexity index is 538. The summed E-state index contributed by atoms with van der Waals surface area (Å²) < 4.78 is 11.1. The van der Waals surface area contributed by atoms with Crippen LogP contribution >= 0.6 is 0 Å². The number of rotatable bonds is 2. The van der Waals surface area contributed by atoms with E-state index in [-0.39, 0.29) is 6.09 Å². The van der Waals surface area contributed by atoms with Crippen LogP contribution in [0.4, 0.5) is 10.6 Å². The number of hydrogen-bond donors (Lipinski definition) is 1. The molecule has 122 valence electrons. The summed E-state index contributed by atoms with van der Waals surface area (Å²) in [4.78, 5) is 18.3. The molecule has 0 unspecified atom stereocenters. The second-order valence-corrected chi connectivity index (χ2v) is 6.71. The van der Waals surface area contributed by atoms with Crippen molar-refractivity contribution < 1.29 is 14.3 Å². The van der Waals surface area contributed by atoms with Crippen LogP contribution in [-0.2, 0) is 11.3 Å². The zero-order chi connectivity index (χ0) is 16.3. The molecule has 0 aliphatic carbocycles. The number of ether oxygens (including phenoxy) is 2. The molecule has 6 nitrogen and oxygen atoms in total.